The van der Waals surface area contributed by atoms with E-state index in [9.17, 15) is 4.39 Å². The minimum absolute atomic E-state index is 0.130. The third kappa shape index (κ3) is 4.83. The summed E-state index contributed by atoms with van der Waals surface area (Å²) in [6.45, 7) is 2.74. The number of hydrogen-bond donors (Lipinski definition) is 1. The van der Waals surface area contributed by atoms with E-state index in [2.05, 4.69) is 25.1 Å². The summed E-state index contributed by atoms with van der Waals surface area (Å²) < 4.78 is 13.2. The predicted molar refractivity (Wildman–Crippen MR) is 103 cm³/mol. The van der Waals surface area contributed by atoms with Crippen LogP contribution in [-0.2, 0) is 0 Å². The normalized spacial score (nSPS) is 16.1. The smallest absolute Gasteiger partial charge is 0.134 e. The molecule has 2 aromatic rings. The molecule has 0 spiro atoms. The summed E-state index contributed by atoms with van der Waals surface area (Å²) in [6, 6.07) is 8.81. The van der Waals surface area contributed by atoms with Gasteiger partial charge in [0.25, 0.3) is 0 Å². The molecule has 7 heteroatoms. The van der Waals surface area contributed by atoms with Crippen LogP contribution in [0.15, 0.2) is 36.7 Å². The number of nitrogens with zero attached hydrogens (tertiary/aromatic N) is 4. The molecule has 134 valence electrons. The summed E-state index contributed by atoms with van der Waals surface area (Å²) in [5, 5.41) is 3.40. The van der Waals surface area contributed by atoms with Gasteiger partial charge >= 0.3 is 0 Å². The lowest BCUT2D eigenvalue weighted by molar-refractivity contribution is 0.311. The van der Waals surface area contributed by atoms with Gasteiger partial charge in [0.05, 0.1) is 6.04 Å². The van der Waals surface area contributed by atoms with Gasteiger partial charge in [-0.15, -0.1) is 0 Å². The molecule has 1 fully saturated rings. The van der Waals surface area contributed by atoms with Crippen molar-refractivity contribution >= 4 is 23.4 Å². The van der Waals surface area contributed by atoms with Crippen molar-refractivity contribution in [1.82, 2.24) is 14.9 Å². The number of aromatic nitrogens is 2. The molecule has 0 aliphatic carbocycles. The van der Waals surface area contributed by atoms with Crippen LogP contribution in [0.1, 0.15) is 11.6 Å². The first-order chi connectivity index (χ1) is 12.1. The van der Waals surface area contributed by atoms with Crippen molar-refractivity contribution in [2.45, 2.75) is 6.04 Å². The van der Waals surface area contributed by atoms with Crippen molar-refractivity contribution in [3.63, 3.8) is 0 Å². The molecule has 0 bridgehead atoms. The summed E-state index contributed by atoms with van der Waals surface area (Å²) in [5.41, 5.74) is 1.07. The van der Waals surface area contributed by atoms with E-state index in [0.29, 0.717) is 6.54 Å². The number of benzene rings is 1. The van der Waals surface area contributed by atoms with Crippen molar-refractivity contribution in [1.29, 1.82) is 0 Å². The number of nitrogens with one attached hydrogen (secondary N) is 1. The average molecular weight is 361 g/mol. The Morgan fingerprint density at radius 2 is 1.92 bits per heavy atom. The van der Waals surface area contributed by atoms with E-state index in [-0.39, 0.29) is 11.9 Å². The van der Waals surface area contributed by atoms with Gasteiger partial charge in [0.15, 0.2) is 0 Å². The molecule has 1 unspecified atom stereocenters. The van der Waals surface area contributed by atoms with Crippen LogP contribution in [-0.4, -0.2) is 60.1 Å². The Hall–Kier alpha value is -1.86. The Morgan fingerprint density at radius 3 is 2.60 bits per heavy atom. The molecule has 1 saturated heterocycles. The zero-order chi connectivity index (χ0) is 17.6. The van der Waals surface area contributed by atoms with Gasteiger partial charge in [0.1, 0.15) is 23.8 Å². The Labute approximate surface area is 152 Å². The van der Waals surface area contributed by atoms with Crippen LogP contribution < -0.4 is 10.2 Å². The van der Waals surface area contributed by atoms with E-state index < -0.39 is 0 Å². The van der Waals surface area contributed by atoms with Gasteiger partial charge in [-0.1, -0.05) is 12.1 Å². The van der Waals surface area contributed by atoms with Gasteiger partial charge in [0, 0.05) is 37.2 Å². The zero-order valence-electron chi connectivity index (χ0n) is 14.7. The SMILES string of the molecule is CN(C)C(CNc1cc(N2CCSCC2)ncn1)c1ccc(F)cc1. The van der Waals surface area contributed by atoms with Gasteiger partial charge in [-0.25, -0.2) is 14.4 Å². The van der Waals surface area contributed by atoms with Crippen LogP contribution >= 0.6 is 11.8 Å². The fourth-order valence-corrected chi connectivity index (χ4v) is 3.80. The second-order valence-corrected chi connectivity index (χ2v) is 7.50. The highest BCUT2D eigenvalue weighted by molar-refractivity contribution is 7.99. The first-order valence-corrected chi connectivity index (χ1v) is 9.59. The Morgan fingerprint density at radius 1 is 1.20 bits per heavy atom. The van der Waals surface area contributed by atoms with E-state index in [0.717, 1.165) is 41.8 Å². The molecule has 1 aliphatic heterocycles. The summed E-state index contributed by atoms with van der Waals surface area (Å²) in [5.74, 6) is 3.85. The standard InChI is InChI=1S/C18H24FN5S/c1-23(2)16(14-3-5-15(19)6-4-14)12-20-17-11-18(22-13-21-17)24-7-9-25-10-8-24/h3-6,11,13,16H,7-10,12H2,1-2H3,(H,20,21,22). The Balaban J connectivity index is 1.67. The number of anilines is 2. The molecule has 1 N–H and O–H groups in total. The number of rotatable bonds is 6. The molecule has 0 amide bonds. The molecular weight excluding hydrogens is 337 g/mol. The van der Waals surface area contributed by atoms with Gasteiger partial charge in [-0.3, -0.25) is 0 Å². The number of hydrogen-bond acceptors (Lipinski definition) is 6. The van der Waals surface area contributed by atoms with Gasteiger partial charge in [0.2, 0.25) is 0 Å². The molecule has 1 aromatic heterocycles. The van der Waals surface area contributed by atoms with E-state index in [1.165, 1.54) is 12.1 Å². The van der Waals surface area contributed by atoms with Gasteiger partial charge < -0.3 is 15.1 Å². The largest absolute Gasteiger partial charge is 0.368 e. The van der Waals surface area contributed by atoms with Gasteiger partial charge in [-0.2, -0.15) is 11.8 Å². The minimum Gasteiger partial charge on any atom is -0.368 e. The fraction of sp³-hybridized carbons (Fsp3) is 0.444. The molecule has 25 heavy (non-hydrogen) atoms. The van der Waals surface area contributed by atoms with Crippen molar-refractivity contribution in [2.24, 2.45) is 0 Å². The maximum Gasteiger partial charge on any atom is 0.134 e. The van der Waals surface area contributed by atoms with Crippen LogP contribution in [0.3, 0.4) is 0 Å². The summed E-state index contributed by atoms with van der Waals surface area (Å²) in [6.07, 6.45) is 1.61. The van der Waals surface area contributed by atoms with Crippen LogP contribution in [0.5, 0.6) is 0 Å². The predicted octanol–water partition coefficient (Wildman–Crippen LogP) is 2.88. The van der Waals surface area contributed by atoms with Gasteiger partial charge in [-0.05, 0) is 31.8 Å². The first kappa shape index (κ1) is 17.9. The summed E-state index contributed by atoms with van der Waals surface area (Å²) in [4.78, 5) is 13.2. The van der Waals surface area contributed by atoms with Crippen LogP contribution in [0.4, 0.5) is 16.0 Å². The third-order valence-electron chi connectivity index (χ3n) is 4.34. The molecule has 5 nitrogen and oxygen atoms in total. The second kappa shape index (κ2) is 8.49. The van der Waals surface area contributed by atoms with E-state index in [1.54, 1.807) is 6.33 Å². The van der Waals surface area contributed by atoms with E-state index >= 15 is 0 Å². The zero-order valence-corrected chi connectivity index (χ0v) is 15.5. The molecule has 0 saturated carbocycles. The van der Waals surface area contributed by atoms with E-state index in [4.69, 9.17) is 0 Å². The van der Waals surface area contributed by atoms with Crippen LogP contribution in [0.2, 0.25) is 0 Å². The van der Waals surface area contributed by atoms with Crippen molar-refractivity contribution in [3.05, 3.63) is 48.0 Å². The third-order valence-corrected chi connectivity index (χ3v) is 5.28. The van der Waals surface area contributed by atoms with Crippen LogP contribution in [0.25, 0.3) is 0 Å². The lowest BCUT2D eigenvalue weighted by atomic mass is 10.1. The Kier molecular flexibility index (Phi) is 6.09. The highest BCUT2D eigenvalue weighted by atomic mass is 32.2. The lowest BCUT2D eigenvalue weighted by Gasteiger charge is -2.28. The molecule has 1 aliphatic rings. The van der Waals surface area contributed by atoms with Crippen molar-refractivity contribution in [2.75, 3.05) is 55.5 Å². The number of likely N-dealkylation sites (N-methyl/N-ethyl adjacent to an activating group) is 1. The van der Waals surface area contributed by atoms with E-state index in [1.807, 2.05) is 44.1 Å². The number of thioether (sulfide) groups is 1. The molecule has 2 heterocycles. The Bertz CT molecular complexity index is 673. The summed E-state index contributed by atoms with van der Waals surface area (Å²) >= 11 is 1.98. The summed E-state index contributed by atoms with van der Waals surface area (Å²) in [7, 11) is 4.04. The maximum absolute atomic E-state index is 13.2. The van der Waals surface area contributed by atoms with Crippen molar-refractivity contribution in [3.8, 4) is 0 Å². The molecule has 1 atom stereocenters. The highest BCUT2D eigenvalue weighted by Crippen LogP contribution is 2.21. The minimum atomic E-state index is -0.214. The van der Waals surface area contributed by atoms with Crippen molar-refractivity contribution < 1.29 is 4.39 Å². The topological polar surface area (TPSA) is 44.3 Å². The quantitative estimate of drug-likeness (QED) is 0.854. The highest BCUT2D eigenvalue weighted by Gasteiger charge is 2.16. The number of halogens is 1. The second-order valence-electron chi connectivity index (χ2n) is 6.27. The average Bonchev–Trinajstić information content (AvgIpc) is 2.64. The molecular formula is C18H24FN5S. The molecule has 0 radical (unpaired) electrons. The fourth-order valence-electron chi connectivity index (χ4n) is 2.89. The first-order valence-electron chi connectivity index (χ1n) is 8.44. The maximum atomic E-state index is 13.2. The monoisotopic (exact) mass is 361 g/mol. The van der Waals surface area contributed by atoms with Crippen LogP contribution in [0, 0.1) is 5.82 Å². The molecule has 3 rings (SSSR count). The molecule has 1 aromatic carbocycles. The lowest BCUT2D eigenvalue weighted by Crippen LogP contribution is -2.33.